The van der Waals surface area contributed by atoms with Crippen LogP contribution in [-0.2, 0) is 0 Å². The number of rotatable bonds is 4. The fourth-order valence-corrected chi connectivity index (χ4v) is 1.35. The molecule has 1 rings (SSSR count). The zero-order valence-electron chi connectivity index (χ0n) is 9.58. The van der Waals surface area contributed by atoms with Crippen molar-refractivity contribution in [2.24, 2.45) is 5.92 Å². The van der Waals surface area contributed by atoms with Crippen molar-refractivity contribution < 1.29 is 9.90 Å². The molecule has 1 atom stereocenters. The quantitative estimate of drug-likeness (QED) is 0.829. The van der Waals surface area contributed by atoms with E-state index in [1.54, 1.807) is 0 Å². The lowest BCUT2D eigenvalue weighted by Gasteiger charge is -2.15. The topological polar surface area (TPSA) is 62.2 Å². The molecule has 0 fully saturated rings. The number of aliphatic hydroxyl groups is 1. The van der Waals surface area contributed by atoms with Crippen molar-refractivity contribution in [1.82, 2.24) is 10.3 Å². The minimum absolute atomic E-state index is 0.0854. The van der Waals surface area contributed by atoms with Crippen LogP contribution in [0.1, 0.15) is 24.2 Å². The Hall–Kier alpha value is -0.840. The molecule has 0 aromatic carbocycles. The zero-order valence-corrected chi connectivity index (χ0v) is 11.1. The molecule has 0 spiro atoms. The maximum atomic E-state index is 11.7. The van der Waals surface area contributed by atoms with Gasteiger partial charge < -0.3 is 10.4 Å². The molecule has 1 unspecified atom stereocenters. The first-order chi connectivity index (χ1) is 7.91. The van der Waals surface area contributed by atoms with Gasteiger partial charge in [0.1, 0.15) is 5.15 Å². The molecule has 1 heterocycles. The number of carbonyl (C=O) groups excluding carboxylic acids is 1. The maximum Gasteiger partial charge on any atom is 0.252 e. The molecular formula is C11H14Cl2N2O2. The lowest BCUT2D eigenvalue weighted by atomic mass is 10.1. The summed E-state index contributed by atoms with van der Waals surface area (Å²) in [6, 6.07) is 1.44. The second-order valence-electron chi connectivity index (χ2n) is 4.02. The molecule has 0 bridgehead atoms. The third kappa shape index (κ3) is 4.15. The minimum atomic E-state index is -0.574. The number of nitrogens with zero attached hydrogens (tertiary/aromatic N) is 1. The first-order valence-electron chi connectivity index (χ1n) is 5.19. The smallest absolute Gasteiger partial charge is 0.252 e. The van der Waals surface area contributed by atoms with Gasteiger partial charge in [-0.15, -0.1) is 0 Å². The molecule has 1 amide bonds. The van der Waals surface area contributed by atoms with Crippen molar-refractivity contribution in [1.29, 1.82) is 0 Å². The van der Waals surface area contributed by atoms with Crippen LogP contribution in [0.25, 0.3) is 0 Å². The normalized spacial score (nSPS) is 12.6. The highest BCUT2D eigenvalue weighted by Gasteiger charge is 2.13. The van der Waals surface area contributed by atoms with Crippen LogP contribution in [-0.4, -0.2) is 28.6 Å². The van der Waals surface area contributed by atoms with Gasteiger partial charge in [-0.2, -0.15) is 0 Å². The number of hydrogen-bond acceptors (Lipinski definition) is 3. The van der Waals surface area contributed by atoms with E-state index >= 15 is 0 Å². The lowest BCUT2D eigenvalue weighted by molar-refractivity contribution is 0.0871. The van der Waals surface area contributed by atoms with Gasteiger partial charge in [-0.1, -0.05) is 37.0 Å². The highest BCUT2D eigenvalue weighted by atomic mass is 35.5. The zero-order chi connectivity index (χ0) is 13.0. The van der Waals surface area contributed by atoms with Gasteiger partial charge in [0.2, 0.25) is 0 Å². The van der Waals surface area contributed by atoms with Gasteiger partial charge >= 0.3 is 0 Å². The van der Waals surface area contributed by atoms with Crippen LogP contribution in [0, 0.1) is 5.92 Å². The molecule has 1 aromatic rings. The first kappa shape index (κ1) is 14.2. The summed E-state index contributed by atoms with van der Waals surface area (Å²) < 4.78 is 0. The van der Waals surface area contributed by atoms with E-state index in [0.29, 0.717) is 5.56 Å². The van der Waals surface area contributed by atoms with E-state index in [-0.39, 0.29) is 28.5 Å². The number of amides is 1. The molecule has 6 heteroatoms. The van der Waals surface area contributed by atoms with Gasteiger partial charge in [0.25, 0.3) is 5.91 Å². The van der Waals surface area contributed by atoms with Gasteiger partial charge in [0.15, 0.2) is 0 Å². The summed E-state index contributed by atoms with van der Waals surface area (Å²) in [5, 5.41) is 12.5. The standard InChI is InChI=1S/C11H14Cl2N2O2/c1-6(2)9(16)5-15-11(17)7-3-8(12)10(13)14-4-7/h3-4,6,9,16H,5H2,1-2H3,(H,15,17). The number of carbonyl (C=O) groups is 1. The van der Waals surface area contributed by atoms with Crippen molar-refractivity contribution in [2.45, 2.75) is 20.0 Å². The predicted octanol–water partition coefficient (Wildman–Crippen LogP) is 2.14. The SMILES string of the molecule is CC(C)C(O)CNC(=O)c1cnc(Cl)c(Cl)c1. The van der Waals surface area contributed by atoms with E-state index in [2.05, 4.69) is 10.3 Å². The van der Waals surface area contributed by atoms with Crippen LogP contribution in [0.3, 0.4) is 0 Å². The average Bonchev–Trinajstić information content (AvgIpc) is 2.28. The molecule has 0 saturated carbocycles. The van der Waals surface area contributed by atoms with Crippen molar-refractivity contribution in [3.05, 3.63) is 28.0 Å². The van der Waals surface area contributed by atoms with E-state index in [0.717, 1.165) is 0 Å². The van der Waals surface area contributed by atoms with Gasteiger partial charge in [-0.25, -0.2) is 4.98 Å². The molecule has 0 aliphatic carbocycles. The van der Waals surface area contributed by atoms with Crippen LogP contribution in [0.5, 0.6) is 0 Å². The Morgan fingerprint density at radius 1 is 1.53 bits per heavy atom. The van der Waals surface area contributed by atoms with Gasteiger partial charge in [-0.05, 0) is 12.0 Å². The fourth-order valence-electron chi connectivity index (χ4n) is 1.08. The summed E-state index contributed by atoms with van der Waals surface area (Å²) in [6.07, 6.45) is 0.764. The minimum Gasteiger partial charge on any atom is -0.391 e. The molecule has 0 saturated heterocycles. The van der Waals surface area contributed by atoms with Gasteiger partial charge in [0.05, 0.1) is 16.7 Å². The Balaban J connectivity index is 2.61. The molecule has 0 aliphatic heterocycles. The Kier molecular flexibility index (Phi) is 5.18. The highest BCUT2D eigenvalue weighted by Crippen LogP contribution is 2.19. The average molecular weight is 277 g/mol. The fraction of sp³-hybridized carbons (Fsp3) is 0.455. The van der Waals surface area contributed by atoms with Crippen molar-refractivity contribution >= 4 is 29.1 Å². The number of halogens is 2. The van der Waals surface area contributed by atoms with Crippen molar-refractivity contribution in [3.63, 3.8) is 0 Å². The molecule has 2 N–H and O–H groups in total. The third-order valence-corrected chi connectivity index (χ3v) is 2.99. The second-order valence-corrected chi connectivity index (χ2v) is 4.78. The largest absolute Gasteiger partial charge is 0.391 e. The molecule has 94 valence electrons. The molecule has 4 nitrogen and oxygen atoms in total. The molecule has 0 aliphatic rings. The van der Waals surface area contributed by atoms with Gasteiger partial charge in [-0.3, -0.25) is 4.79 Å². The lowest BCUT2D eigenvalue weighted by Crippen LogP contribution is -2.34. The van der Waals surface area contributed by atoms with Crippen LogP contribution >= 0.6 is 23.2 Å². The summed E-state index contributed by atoms with van der Waals surface area (Å²) in [7, 11) is 0. The number of aromatic nitrogens is 1. The second kappa shape index (κ2) is 6.19. The van der Waals surface area contributed by atoms with E-state index in [1.807, 2.05) is 13.8 Å². The summed E-state index contributed by atoms with van der Waals surface area (Å²) in [5.74, 6) is -0.252. The van der Waals surface area contributed by atoms with E-state index in [4.69, 9.17) is 23.2 Å². The maximum absolute atomic E-state index is 11.7. The van der Waals surface area contributed by atoms with Crippen LogP contribution in [0.15, 0.2) is 12.3 Å². The Morgan fingerprint density at radius 3 is 2.71 bits per heavy atom. The van der Waals surface area contributed by atoms with Crippen LogP contribution in [0.2, 0.25) is 10.2 Å². The van der Waals surface area contributed by atoms with Crippen molar-refractivity contribution in [3.8, 4) is 0 Å². The monoisotopic (exact) mass is 276 g/mol. The van der Waals surface area contributed by atoms with E-state index in [9.17, 15) is 9.90 Å². The Labute approximate surface area is 110 Å². The Morgan fingerprint density at radius 2 is 2.18 bits per heavy atom. The Bertz CT molecular complexity index is 410. The molecule has 17 heavy (non-hydrogen) atoms. The summed E-state index contributed by atoms with van der Waals surface area (Å²) in [4.78, 5) is 15.4. The summed E-state index contributed by atoms with van der Waals surface area (Å²) in [6.45, 7) is 3.94. The first-order valence-corrected chi connectivity index (χ1v) is 5.94. The molecule has 1 aromatic heterocycles. The number of hydrogen-bond donors (Lipinski definition) is 2. The third-order valence-electron chi connectivity index (χ3n) is 2.30. The molecular weight excluding hydrogens is 263 g/mol. The van der Waals surface area contributed by atoms with E-state index in [1.165, 1.54) is 12.3 Å². The van der Waals surface area contributed by atoms with Crippen LogP contribution < -0.4 is 5.32 Å². The summed E-state index contributed by atoms with van der Waals surface area (Å²) in [5.41, 5.74) is 0.315. The van der Waals surface area contributed by atoms with E-state index < -0.39 is 6.10 Å². The number of aliphatic hydroxyl groups excluding tert-OH is 1. The highest BCUT2D eigenvalue weighted by molar-refractivity contribution is 6.41. The summed E-state index contributed by atoms with van der Waals surface area (Å²) >= 11 is 11.4. The van der Waals surface area contributed by atoms with Gasteiger partial charge in [0, 0.05) is 12.7 Å². The molecule has 0 radical (unpaired) electrons. The number of nitrogens with one attached hydrogen (secondary N) is 1. The van der Waals surface area contributed by atoms with Crippen molar-refractivity contribution in [2.75, 3.05) is 6.54 Å². The number of pyridine rings is 1. The van der Waals surface area contributed by atoms with Crippen LogP contribution in [0.4, 0.5) is 0 Å². The predicted molar refractivity (Wildman–Crippen MR) is 67.4 cm³/mol.